The van der Waals surface area contributed by atoms with E-state index in [0.29, 0.717) is 18.5 Å². The van der Waals surface area contributed by atoms with Gasteiger partial charge in [-0.3, -0.25) is 4.99 Å². The van der Waals surface area contributed by atoms with E-state index in [2.05, 4.69) is 15.2 Å². The van der Waals surface area contributed by atoms with Crippen LogP contribution in [0.1, 0.15) is 25.7 Å². The second kappa shape index (κ2) is 12.5. The van der Waals surface area contributed by atoms with Gasteiger partial charge in [0.05, 0.1) is 12.7 Å². The van der Waals surface area contributed by atoms with Gasteiger partial charge in [-0.1, -0.05) is 0 Å². The zero-order chi connectivity index (χ0) is 19.3. The van der Waals surface area contributed by atoms with Gasteiger partial charge in [0.2, 0.25) is 0 Å². The van der Waals surface area contributed by atoms with Crippen LogP contribution in [0.4, 0.5) is 4.39 Å². The van der Waals surface area contributed by atoms with Gasteiger partial charge in [-0.25, -0.2) is 4.39 Å². The number of hydrogen-bond donors (Lipinski definition) is 1. The normalized spacial score (nSPS) is 15.8. The lowest BCUT2D eigenvalue weighted by Crippen LogP contribution is -2.47. The van der Waals surface area contributed by atoms with Crippen LogP contribution in [0.25, 0.3) is 0 Å². The summed E-state index contributed by atoms with van der Waals surface area (Å²) in [5.41, 5.74) is 0. The van der Waals surface area contributed by atoms with Gasteiger partial charge in [-0.15, -0.1) is 0 Å². The second-order valence-electron chi connectivity index (χ2n) is 6.53. The average Bonchev–Trinajstić information content (AvgIpc) is 2.70. The minimum Gasteiger partial charge on any atom is -0.494 e. The number of hydrogen-bond acceptors (Lipinski definition) is 4. The number of ether oxygens (including phenoxy) is 3. The Morgan fingerprint density at radius 1 is 1.15 bits per heavy atom. The van der Waals surface area contributed by atoms with Gasteiger partial charge in [0.15, 0.2) is 5.96 Å². The molecule has 0 radical (unpaired) electrons. The molecule has 0 aliphatic carbocycles. The van der Waals surface area contributed by atoms with Crippen molar-refractivity contribution in [2.75, 3.05) is 53.6 Å². The molecule has 0 unspecified atom stereocenters. The number of halogens is 1. The van der Waals surface area contributed by atoms with Crippen LogP contribution in [-0.4, -0.2) is 70.6 Å². The van der Waals surface area contributed by atoms with Crippen LogP contribution in [0.3, 0.4) is 0 Å². The molecular formula is C20H32FN3O3. The lowest BCUT2D eigenvalue weighted by atomic mass is 10.1. The van der Waals surface area contributed by atoms with E-state index in [4.69, 9.17) is 14.2 Å². The first kappa shape index (κ1) is 21.4. The van der Waals surface area contributed by atoms with E-state index < -0.39 is 0 Å². The fourth-order valence-electron chi connectivity index (χ4n) is 3.01. The number of aliphatic imine (C=N–C) groups is 1. The first-order valence-corrected chi connectivity index (χ1v) is 9.67. The molecular weight excluding hydrogens is 349 g/mol. The number of methoxy groups -OCH3 is 1. The summed E-state index contributed by atoms with van der Waals surface area (Å²) in [6.45, 7) is 4.76. The molecule has 7 heteroatoms. The van der Waals surface area contributed by atoms with Crippen molar-refractivity contribution in [2.45, 2.75) is 31.8 Å². The first-order valence-electron chi connectivity index (χ1n) is 9.67. The number of nitrogens with one attached hydrogen (secondary N) is 1. The van der Waals surface area contributed by atoms with Crippen LogP contribution >= 0.6 is 0 Å². The quantitative estimate of drug-likeness (QED) is 0.384. The lowest BCUT2D eigenvalue weighted by molar-refractivity contribution is 0.00991. The molecule has 1 N–H and O–H groups in total. The summed E-state index contributed by atoms with van der Waals surface area (Å²) in [6, 6.07) is 6.09. The standard InChI is InChI=1S/C20H32FN3O3/c1-22-20(23-11-3-15-26-18-7-5-17(21)6-8-18)24-12-9-19(10-13-24)27-16-4-14-25-2/h5-8,19H,3-4,9-16H2,1-2H3,(H,22,23). The number of benzene rings is 1. The third-order valence-corrected chi connectivity index (χ3v) is 4.49. The Balaban J connectivity index is 1.58. The minimum atomic E-state index is -0.253. The van der Waals surface area contributed by atoms with Gasteiger partial charge in [0.1, 0.15) is 11.6 Å². The summed E-state index contributed by atoms with van der Waals surface area (Å²) in [5, 5.41) is 3.39. The van der Waals surface area contributed by atoms with Gasteiger partial charge in [-0.05, 0) is 49.9 Å². The molecule has 0 amide bonds. The second-order valence-corrected chi connectivity index (χ2v) is 6.53. The molecule has 6 nitrogen and oxygen atoms in total. The fourth-order valence-corrected chi connectivity index (χ4v) is 3.01. The fraction of sp³-hybridized carbons (Fsp3) is 0.650. The summed E-state index contributed by atoms with van der Waals surface area (Å²) in [7, 11) is 3.52. The molecule has 1 aromatic carbocycles. The van der Waals surface area contributed by atoms with E-state index in [9.17, 15) is 4.39 Å². The van der Waals surface area contributed by atoms with Gasteiger partial charge in [-0.2, -0.15) is 0 Å². The number of piperidine rings is 1. The third-order valence-electron chi connectivity index (χ3n) is 4.49. The first-order chi connectivity index (χ1) is 13.2. The van der Waals surface area contributed by atoms with Crippen LogP contribution in [-0.2, 0) is 9.47 Å². The Morgan fingerprint density at radius 3 is 2.56 bits per heavy atom. The lowest BCUT2D eigenvalue weighted by Gasteiger charge is -2.34. The van der Waals surface area contributed by atoms with E-state index >= 15 is 0 Å². The SMILES string of the molecule is CN=C(NCCCOc1ccc(F)cc1)N1CCC(OCCCOC)CC1. The van der Waals surface area contributed by atoms with Crippen molar-refractivity contribution in [1.29, 1.82) is 0 Å². The molecule has 1 aromatic rings. The van der Waals surface area contributed by atoms with Crippen molar-refractivity contribution in [3.8, 4) is 5.75 Å². The molecule has 0 saturated carbocycles. The van der Waals surface area contributed by atoms with Crippen LogP contribution in [0, 0.1) is 5.82 Å². The zero-order valence-corrected chi connectivity index (χ0v) is 16.5. The van der Waals surface area contributed by atoms with Gasteiger partial charge < -0.3 is 24.4 Å². The Labute approximate surface area is 161 Å². The van der Waals surface area contributed by atoms with Crippen molar-refractivity contribution in [3.63, 3.8) is 0 Å². The van der Waals surface area contributed by atoms with E-state index in [-0.39, 0.29) is 5.82 Å². The van der Waals surface area contributed by atoms with E-state index in [1.54, 1.807) is 19.2 Å². The maximum absolute atomic E-state index is 12.9. The number of guanidine groups is 1. The molecule has 1 aliphatic rings. The molecule has 27 heavy (non-hydrogen) atoms. The predicted octanol–water partition coefficient (Wildman–Crippen LogP) is 2.69. The monoisotopic (exact) mass is 381 g/mol. The Hall–Kier alpha value is -1.86. The molecule has 1 heterocycles. The van der Waals surface area contributed by atoms with Gasteiger partial charge in [0, 0.05) is 47.0 Å². The highest BCUT2D eigenvalue weighted by Crippen LogP contribution is 2.14. The van der Waals surface area contributed by atoms with Crippen molar-refractivity contribution in [3.05, 3.63) is 30.1 Å². The molecule has 0 atom stereocenters. The molecule has 0 spiro atoms. The topological polar surface area (TPSA) is 55.3 Å². The highest BCUT2D eigenvalue weighted by atomic mass is 19.1. The predicted molar refractivity (Wildman–Crippen MR) is 105 cm³/mol. The third kappa shape index (κ3) is 8.13. The van der Waals surface area contributed by atoms with Crippen molar-refractivity contribution >= 4 is 5.96 Å². The van der Waals surface area contributed by atoms with Gasteiger partial charge in [0.25, 0.3) is 0 Å². The maximum Gasteiger partial charge on any atom is 0.193 e. The molecule has 2 rings (SSSR count). The highest BCUT2D eigenvalue weighted by Gasteiger charge is 2.21. The molecule has 1 fully saturated rings. The highest BCUT2D eigenvalue weighted by molar-refractivity contribution is 5.79. The summed E-state index contributed by atoms with van der Waals surface area (Å²) < 4.78 is 29.4. The zero-order valence-electron chi connectivity index (χ0n) is 16.5. The van der Waals surface area contributed by atoms with E-state index in [1.165, 1.54) is 12.1 Å². The number of rotatable bonds is 10. The molecule has 0 bridgehead atoms. The van der Waals surface area contributed by atoms with Gasteiger partial charge >= 0.3 is 0 Å². The van der Waals surface area contributed by atoms with Crippen LogP contribution in [0.15, 0.2) is 29.3 Å². The summed E-state index contributed by atoms with van der Waals surface area (Å²) in [4.78, 5) is 6.65. The van der Waals surface area contributed by atoms with Crippen molar-refractivity contribution in [1.82, 2.24) is 10.2 Å². The van der Waals surface area contributed by atoms with E-state index in [0.717, 1.165) is 64.5 Å². The average molecular weight is 381 g/mol. The Bertz CT molecular complexity index is 546. The molecule has 152 valence electrons. The number of nitrogens with zero attached hydrogens (tertiary/aromatic N) is 2. The number of likely N-dealkylation sites (tertiary alicyclic amines) is 1. The summed E-state index contributed by atoms with van der Waals surface area (Å²) in [5.74, 6) is 1.36. The molecule has 0 aromatic heterocycles. The molecule has 1 aliphatic heterocycles. The maximum atomic E-state index is 12.9. The largest absolute Gasteiger partial charge is 0.494 e. The Kier molecular flexibility index (Phi) is 9.94. The smallest absolute Gasteiger partial charge is 0.193 e. The minimum absolute atomic E-state index is 0.253. The summed E-state index contributed by atoms with van der Waals surface area (Å²) >= 11 is 0. The summed E-state index contributed by atoms with van der Waals surface area (Å²) in [6.07, 6.45) is 4.15. The molecule has 1 saturated heterocycles. The van der Waals surface area contributed by atoms with E-state index in [1.807, 2.05) is 7.05 Å². The van der Waals surface area contributed by atoms with Crippen LogP contribution < -0.4 is 10.1 Å². The van der Waals surface area contributed by atoms with Crippen molar-refractivity contribution < 1.29 is 18.6 Å². The van der Waals surface area contributed by atoms with Crippen molar-refractivity contribution in [2.24, 2.45) is 4.99 Å². The van der Waals surface area contributed by atoms with Crippen LogP contribution in [0.5, 0.6) is 5.75 Å². The Morgan fingerprint density at radius 2 is 1.89 bits per heavy atom. The van der Waals surface area contributed by atoms with Crippen LogP contribution in [0.2, 0.25) is 0 Å².